The van der Waals surface area contributed by atoms with Crippen molar-refractivity contribution in [1.29, 1.82) is 0 Å². The molecule has 6 nitrogen and oxygen atoms in total. The lowest BCUT2D eigenvalue weighted by Gasteiger charge is -2.04. The number of carbonyl (C=O) groups is 1. The molecule has 0 aliphatic carbocycles. The average Bonchev–Trinajstić information content (AvgIpc) is 2.85. The van der Waals surface area contributed by atoms with E-state index in [1.165, 1.54) is 6.33 Å². The first-order valence-electron chi connectivity index (χ1n) is 5.19. The quantitative estimate of drug-likeness (QED) is 0.567. The molecule has 2 heterocycles. The van der Waals surface area contributed by atoms with Gasteiger partial charge in [0.1, 0.15) is 6.33 Å². The highest BCUT2D eigenvalue weighted by atomic mass is 32.2. The normalized spacial score (nSPS) is 11.1. The van der Waals surface area contributed by atoms with Crippen LogP contribution in [0.2, 0.25) is 0 Å². The molecular formula is C11H8N4O2S. The van der Waals surface area contributed by atoms with Crippen molar-refractivity contribution in [1.82, 2.24) is 19.6 Å². The third kappa shape index (κ3) is 1.78. The van der Waals surface area contributed by atoms with E-state index in [2.05, 4.69) is 15.1 Å². The number of nitrogens with zero attached hydrogens (tertiary/aromatic N) is 4. The summed E-state index contributed by atoms with van der Waals surface area (Å²) in [6.07, 6.45) is 1.44. The van der Waals surface area contributed by atoms with Gasteiger partial charge in [-0.3, -0.25) is 4.79 Å². The van der Waals surface area contributed by atoms with Crippen LogP contribution in [0.4, 0.5) is 0 Å². The first kappa shape index (κ1) is 11.0. The number of rotatable bonds is 3. The lowest BCUT2D eigenvalue weighted by Crippen LogP contribution is -2.03. The second kappa shape index (κ2) is 4.26. The SMILES string of the molecule is O=C(O)CSc1nc2ccccc2c2ncnn12. The van der Waals surface area contributed by atoms with Crippen LogP contribution >= 0.6 is 11.8 Å². The first-order valence-corrected chi connectivity index (χ1v) is 6.17. The number of hydrogen-bond donors (Lipinski definition) is 1. The Morgan fingerprint density at radius 1 is 1.39 bits per heavy atom. The van der Waals surface area contributed by atoms with Crippen molar-refractivity contribution in [2.75, 3.05) is 5.75 Å². The first-order chi connectivity index (χ1) is 8.75. The van der Waals surface area contributed by atoms with E-state index in [1.54, 1.807) is 4.52 Å². The summed E-state index contributed by atoms with van der Waals surface area (Å²) in [4.78, 5) is 19.2. The zero-order valence-corrected chi connectivity index (χ0v) is 9.96. The number of thioether (sulfide) groups is 1. The Hall–Kier alpha value is -2.15. The topological polar surface area (TPSA) is 80.4 Å². The summed E-state index contributed by atoms with van der Waals surface area (Å²) in [5.41, 5.74) is 1.47. The molecule has 0 amide bonds. The molecule has 90 valence electrons. The van der Waals surface area contributed by atoms with Crippen LogP contribution in [0.15, 0.2) is 35.7 Å². The smallest absolute Gasteiger partial charge is 0.313 e. The Kier molecular flexibility index (Phi) is 2.60. The second-order valence-corrected chi connectivity index (χ2v) is 4.53. The van der Waals surface area contributed by atoms with E-state index in [4.69, 9.17) is 5.11 Å². The maximum atomic E-state index is 10.6. The molecule has 3 aromatic rings. The molecule has 7 heteroatoms. The highest BCUT2D eigenvalue weighted by Crippen LogP contribution is 2.22. The summed E-state index contributed by atoms with van der Waals surface area (Å²) in [5, 5.41) is 14.2. The summed E-state index contributed by atoms with van der Waals surface area (Å²) >= 11 is 1.13. The molecule has 0 aliphatic rings. The van der Waals surface area contributed by atoms with Gasteiger partial charge in [-0.2, -0.15) is 9.61 Å². The predicted octanol–water partition coefficient (Wildman–Crippen LogP) is 1.45. The van der Waals surface area contributed by atoms with Gasteiger partial charge in [-0.15, -0.1) is 0 Å². The van der Waals surface area contributed by atoms with Gasteiger partial charge < -0.3 is 5.11 Å². The maximum Gasteiger partial charge on any atom is 0.313 e. The van der Waals surface area contributed by atoms with E-state index in [0.717, 1.165) is 22.7 Å². The summed E-state index contributed by atoms with van der Waals surface area (Å²) in [7, 11) is 0. The molecule has 3 rings (SSSR count). The fraction of sp³-hybridized carbons (Fsp3) is 0.0909. The highest BCUT2D eigenvalue weighted by molar-refractivity contribution is 7.99. The molecule has 1 aromatic carbocycles. The van der Waals surface area contributed by atoms with Crippen LogP contribution in [0.1, 0.15) is 0 Å². The van der Waals surface area contributed by atoms with E-state index in [-0.39, 0.29) is 5.75 Å². The third-order valence-electron chi connectivity index (χ3n) is 2.41. The minimum atomic E-state index is -0.886. The Bertz CT molecular complexity index is 740. The molecule has 0 spiro atoms. The van der Waals surface area contributed by atoms with Crippen molar-refractivity contribution < 1.29 is 9.90 Å². The van der Waals surface area contributed by atoms with Gasteiger partial charge >= 0.3 is 5.97 Å². The molecule has 0 unspecified atom stereocenters. The number of hydrogen-bond acceptors (Lipinski definition) is 5. The molecule has 0 atom stereocenters. The number of carboxylic acids is 1. The molecule has 0 saturated carbocycles. The Morgan fingerprint density at radius 2 is 2.22 bits per heavy atom. The molecule has 1 N–H and O–H groups in total. The molecule has 0 saturated heterocycles. The zero-order chi connectivity index (χ0) is 12.5. The maximum absolute atomic E-state index is 10.6. The minimum Gasteiger partial charge on any atom is -0.481 e. The second-order valence-electron chi connectivity index (χ2n) is 3.59. The molecule has 0 bridgehead atoms. The largest absolute Gasteiger partial charge is 0.481 e. The molecule has 18 heavy (non-hydrogen) atoms. The van der Waals surface area contributed by atoms with Gasteiger partial charge in [0, 0.05) is 5.39 Å². The lowest BCUT2D eigenvalue weighted by molar-refractivity contribution is -0.133. The van der Waals surface area contributed by atoms with Crippen molar-refractivity contribution in [2.45, 2.75) is 5.16 Å². The molecular weight excluding hydrogens is 252 g/mol. The van der Waals surface area contributed by atoms with Crippen molar-refractivity contribution in [2.24, 2.45) is 0 Å². The van der Waals surface area contributed by atoms with Crippen LogP contribution in [-0.2, 0) is 4.79 Å². The Morgan fingerprint density at radius 3 is 3.06 bits per heavy atom. The molecule has 2 aromatic heterocycles. The van der Waals surface area contributed by atoms with Crippen LogP contribution in [0.5, 0.6) is 0 Å². The van der Waals surface area contributed by atoms with Gasteiger partial charge in [0.05, 0.1) is 11.3 Å². The molecule has 0 aliphatic heterocycles. The van der Waals surface area contributed by atoms with Crippen molar-refractivity contribution >= 4 is 34.3 Å². The van der Waals surface area contributed by atoms with Gasteiger partial charge in [-0.25, -0.2) is 9.97 Å². The van der Waals surface area contributed by atoms with E-state index in [1.807, 2.05) is 24.3 Å². The zero-order valence-electron chi connectivity index (χ0n) is 9.15. The van der Waals surface area contributed by atoms with Gasteiger partial charge in [-0.1, -0.05) is 23.9 Å². The summed E-state index contributed by atoms with van der Waals surface area (Å²) in [5.74, 6) is -0.941. The van der Waals surface area contributed by atoms with Crippen molar-refractivity contribution in [3.63, 3.8) is 0 Å². The number of fused-ring (bicyclic) bond motifs is 3. The average molecular weight is 260 g/mol. The fourth-order valence-electron chi connectivity index (χ4n) is 1.70. The van der Waals surface area contributed by atoms with Crippen LogP contribution in [0, 0.1) is 0 Å². The van der Waals surface area contributed by atoms with E-state index in [9.17, 15) is 4.79 Å². The van der Waals surface area contributed by atoms with Gasteiger partial charge in [0.2, 0.25) is 0 Å². The van der Waals surface area contributed by atoms with Crippen molar-refractivity contribution in [3.8, 4) is 0 Å². The number of aliphatic carboxylic acids is 1. The number of carboxylic acid groups (broad SMARTS) is 1. The Labute approximate surface area is 106 Å². The summed E-state index contributed by atoms with van der Waals surface area (Å²) in [6, 6.07) is 7.57. The number of aromatic nitrogens is 4. The van der Waals surface area contributed by atoms with E-state index >= 15 is 0 Å². The number of para-hydroxylation sites is 1. The fourth-order valence-corrected chi connectivity index (χ4v) is 2.37. The number of benzene rings is 1. The Balaban J connectivity index is 2.22. The monoisotopic (exact) mass is 260 g/mol. The van der Waals surface area contributed by atoms with E-state index in [0.29, 0.717) is 10.8 Å². The predicted molar refractivity (Wildman–Crippen MR) is 66.6 cm³/mol. The van der Waals surface area contributed by atoms with Gasteiger partial charge in [0.15, 0.2) is 10.8 Å². The summed E-state index contributed by atoms with van der Waals surface area (Å²) < 4.78 is 1.57. The minimum absolute atomic E-state index is 0.0553. The standard InChI is InChI=1S/C11H8N4O2S/c16-9(17)5-18-11-14-8-4-2-1-3-7(8)10-12-6-13-15(10)11/h1-4,6H,5H2,(H,16,17). The van der Waals surface area contributed by atoms with Crippen LogP contribution in [0.25, 0.3) is 16.6 Å². The van der Waals surface area contributed by atoms with Gasteiger partial charge in [0.25, 0.3) is 0 Å². The highest BCUT2D eigenvalue weighted by Gasteiger charge is 2.11. The van der Waals surface area contributed by atoms with Gasteiger partial charge in [-0.05, 0) is 12.1 Å². The van der Waals surface area contributed by atoms with Crippen LogP contribution in [0.3, 0.4) is 0 Å². The van der Waals surface area contributed by atoms with E-state index < -0.39 is 5.97 Å². The summed E-state index contributed by atoms with van der Waals surface area (Å²) in [6.45, 7) is 0. The lowest BCUT2D eigenvalue weighted by atomic mass is 10.2. The van der Waals surface area contributed by atoms with Crippen LogP contribution < -0.4 is 0 Å². The molecule has 0 fully saturated rings. The van der Waals surface area contributed by atoms with Crippen LogP contribution in [-0.4, -0.2) is 36.4 Å². The third-order valence-corrected chi connectivity index (χ3v) is 3.33. The van der Waals surface area contributed by atoms with Crippen molar-refractivity contribution in [3.05, 3.63) is 30.6 Å². The molecule has 0 radical (unpaired) electrons.